The Labute approximate surface area is 97.0 Å². The highest BCUT2D eigenvalue weighted by Gasteiger charge is 2.08. The summed E-state index contributed by atoms with van der Waals surface area (Å²) in [5.41, 5.74) is 2.75. The SMILES string of the molecule is CC1=CC=CC(CC(Br)Br)C=C1C. The third kappa shape index (κ3) is 3.82. The van der Waals surface area contributed by atoms with Crippen molar-refractivity contribution < 1.29 is 0 Å². The van der Waals surface area contributed by atoms with E-state index in [1.165, 1.54) is 11.1 Å². The minimum Gasteiger partial charge on any atom is -0.0775 e. The lowest BCUT2D eigenvalue weighted by Crippen LogP contribution is -1.98. The topological polar surface area (TPSA) is 0 Å². The van der Waals surface area contributed by atoms with Gasteiger partial charge in [0.2, 0.25) is 0 Å². The zero-order chi connectivity index (χ0) is 9.84. The average Bonchev–Trinajstić information content (AvgIpc) is 2.14. The molecule has 13 heavy (non-hydrogen) atoms. The van der Waals surface area contributed by atoms with Gasteiger partial charge in [0, 0.05) is 0 Å². The largest absolute Gasteiger partial charge is 0.0775 e. The van der Waals surface area contributed by atoms with Crippen molar-refractivity contribution in [3.63, 3.8) is 0 Å². The zero-order valence-electron chi connectivity index (χ0n) is 7.93. The molecule has 0 spiro atoms. The fourth-order valence-corrected chi connectivity index (χ4v) is 2.20. The van der Waals surface area contributed by atoms with Crippen LogP contribution in [0.25, 0.3) is 0 Å². The summed E-state index contributed by atoms with van der Waals surface area (Å²) in [7, 11) is 0. The first kappa shape index (κ1) is 11.3. The predicted octanol–water partition coefficient (Wildman–Crippen LogP) is 4.57. The van der Waals surface area contributed by atoms with E-state index in [2.05, 4.69) is 70.0 Å². The molecule has 1 aliphatic carbocycles. The Bertz CT molecular complexity index is 259. The molecule has 0 aromatic heterocycles. The average molecular weight is 306 g/mol. The van der Waals surface area contributed by atoms with E-state index in [4.69, 9.17) is 0 Å². The first-order valence-electron chi connectivity index (χ1n) is 4.41. The van der Waals surface area contributed by atoms with E-state index in [0.717, 1.165) is 6.42 Å². The molecule has 72 valence electrons. The van der Waals surface area contributed by atoms with Crippen LogP contribution in [0.15, 0.2) is 35.5 Å². The standard InChI is InChI=1S/C11H14Br2/c1-8-4-3-5-10(6-9(8)2)7-11(12)13/h3-6,10-11H,7H2,1-2H3. The van der Waals surface area contributed by atoms with Crippen molar-refractivity contribution in [1.82, 2.24) is 0 Å². The lowest BCUT2D eigenvalue weighted by Gasteiger charge is -2.09. The monoisotopic (exact) mass is 304 g/mol. The van der Waals surface area contributed by atoms with Crippen molar-refractivity contribution in [3.8, 4) is 0 Å². The molecular weight excluding hydrogens is 292 g/mol. The number of rotatable bonds is 2. The van der Waals surface area contributed by atoms with Crippen molar-refractivity contribution >= 4 is 31.9 Å². The molecule has 0 N–H and O–H groups in total. The molecule has 0 amide bonds. The molecule has 0 fully saturated rings. The van der Waals surface area contributed by atoms with Crippen LogP contribution in [0.5, 0.6) is 0 Å². The Morgan fingerprint density at radius 3 is 2.62 bits per heavy atom. The van der Waals surface area contributed by atoms with E-state index in [0.29, 0.717) is 9.65 Å². The lowest BCUT2D eigenvalue weighted by molar-refractivity contribution is 0.768. The van der Waals surface area contributed by atoms with E-state index in [1.54, 1.807) is 0 Å². The Hall–Kier alpha value is 0.180. The Morgan fingerprint density at radius 2 is 2.00 bits per heavy atom. The maximum Gasteiger partial charge on any atom is 0.0706 e. The number of hydrogen-bond donors (Lipinski definition) is 0. The molecule has 0 saturated heterocycles. The van der Waals surface area contributed by atoms with Gasteiger partial charge in [0.1, 0.15) is 0 Å². The van der Waals surface area contributed by atoms with Crippen LogP contribution >= 0.6 is 31.9 Å². The van der Waals surface area contributed by atoms with E-state index in [1.807, 2.05) is 0 Å². The van der Waals surface area contributed by atoms with Crippen LogP contribution in [-0.2, 0) is 0 Å². The van der Waals surface area contributed by atoms with Crippen LogP contribution in [0.2, 0.25) is 0 Å². The molecule has 0 aromatic rings. The summed E-state index contributed by atoms with van der Waals surface area (Å²) in [5, 5.41) is 0. The minimum atomic E-state index is 0.400. The smallest absolute Gasteiger partial charge is 0.0706 e. The van der Waals surface area contributed by atoms with Crippen molar-refractivity contribution in [2.75, 3.05) is 0 Å². The second kappa shape index (κ2) is 5.16. The van der Waals surface area contributed by atoms with E-state index in [9.17, 15) is 0 Å². The van der Waals surface area contributed by atoms with Gasteiger partial charge in [-0.2, -0.15) is 0 Å². The Kier molecular flexibility index (Phi) is 4.47. The molecule has 0 bridgehead atoms. The van der Waals surface area contributed by atoms with Crippen molar-refractivity contribution in [2.24, 2.45) is 5.92 Å². The van der Waals surface area contributed by atoms with E-state index in [-0.39, 0.29) is 0 Å². The molecule has 0 nitrogen and oxygen atoms in total. The molecule has 0 radical (unpaired) electrons. The molecule has 0 heterocycles. The van der Waals surface area contributed by atoms with Crippen molar-refractivity contribution in [3.05, 3.63) is 35.5 Å². The van der Waals surface area contributed by atoms with Gasteiger partial charge in [-0.15, -0.1) is 0 Å². The summed E-state index contributed by atoms with van der Waals surface area (Å²) >= 11 is 7.01. The molecule has 0 aliphatic heterocycles. The number of alkyl halides is 2. The molecule has 1 rings (SSSR count). The molecule has 1 atom stereocenters. The number of hydrogen-bond acceptors (Lipinski definition) is 0. The van der Waals surface area contributed by atoms with Gasteiger partial charge in [-0.3, -0.25) is 0 Å². The zero-order valence-corrected chi connectivity index (χ0v) is 11.1. The van der Waals surface area contributed by atoms with Gasteiger partial charge in [0.25, 0.3) is 0 Å². The highest BCUT2D eigenvalue weighted by molar-refractivity contribution is 9.24. The minimum absolute atomic E-state index is 0.400. The second-order valence-corrected chi connectivity index (χ2v) is 6.81. The van der Waals surface area contributed by atoms with E-state index >= 15 is 0 Å². The molecule has 0 saturated carbocycles. The van der Waals surface area contributed by atoms with Crippen LogP contribution in [0.4, 0.5) is 0 Å². The van der Waals surface area contributed by atoms with Gasteiger partial charge in [-0.1, -0.05) is 61.7 Å². The Balaban J connectivity index is 2.71. The predicted molar refractivity (Wildman–Crippen MR) is 66.4 cm³/mol. The first-order chi connectivity index (χ1) is 6.09. The highest BCUT2D eigenvalue weighted by Crippen LogP contribution is 2.25. The highest BCUT2D eigenvalue weighted by atomic mass is 79.9. The summed E-state index contributed by atoms with van der Waals surface area (Å²) in [6.45, 7) is 4.32. The fraction of sp³-hybridized carbons (Fsp3) is 0.455. The molecule has 0 aromatic carbocycles. The van der Waals surface area contributed by atoms with Crippen LogP contribution in [0.1, 0.15) is 20.3 Å². The number of halogens is 2. The van der Waals surface area contributed by atoms with Crippen LogP contribution in [0, 0.1) is 5.92 Å². The van der Waals surface area contributed by atoms with Crippen LogP contribution in [-0.4, -0.2) is 3.74 Å². The summed E-state index contributed by atoms with van der Waals surface area (Å²) < 4.78 is 0.400. The van der Waals surface area contributed by atoms with Gasteiger partial charge in [-0.25, -0.2) is 0 Å². The number of allylic oxidation sites excluding steroid dienone is 6. The first-order valence-corrected chi connectivity index (χ1v) is 6.24. The maximum atomic E-state index is 3.51. The van der Waals surface area contributed by atoms with Gasteiger partial charge >= 0.3 is 0 Å². The third-order valence-electron chi connectivity index (χ3n) is 2.24. The lowest BCUT2D eigenvalue weighted by atomic mass is 10.0. The molecule has 1 aliphatic rings. The van der Waals surface area contributed by atoms with Gasteiger partial charge in [-0.05, 0) is 31.8 Å². The van der Waals surface area contributed by atoms with Crippen molar-refractivity contribution in [2.45, 2.75) is 24.0 Å². The summed E-state index contributed by atoms with van der Waals surface area (Å²) in [5.74, 6) is 0.539. The second-order valence-electron chi connectivity index (χ2n) is 3.37. The summed E-state index contributed by atoms with van der Waals surface area (Å²) in [6.07, 6.45) is 9.98. The summed E-state index contributed by atoms with van der Waals surface area (Å²) in [4.78, 5) is 0. The van der Waals surface area contributed by atoms with E-state index < -0.39 is 0 Å². The quantitative estimate of drug-likeness (QED) is 0.656. The van der Waals surface area contributed by atoms with Gasteiger partial charge in [0.15, 0.2) is 0 Å². The van der Waals surface area contributed by atoms with Crippen LogP contribution in [0.3, 0.4) is 0 Å². The summed E-state index contributed by atoms with van der Waals surface area (Å²) in [6, 6.07) is 0. The van der Waals surface area contributed by atoms with Crippen LogP contribution < -0.4 is 0 Å². The maximum absolute atomic E-state index is 3.51. The van der Waals surface area contributed by atoms with Gasteiger partial charge in [0.05, 0.1) is 3.74 Å². The molecule has 1 unspecified atom stereocenters. The molecule has 2 heteroatoms. The van der Waals surface area contributed by atoms with Crippen molar-refractivity contribution in [1.29, 1.82) is 0 Å². The fourth-order valence-electron chi connectivity index (χ4n) is 1.33. The Morgan fingerprint density at radius 1 is 1.31 bits per heavy atom. The normalized spacial score (nSPS) is 22.7. The van der Waals surface area contributed by atoms with Gasteiger partial charge < -0.3 is 0 Å². The third-order valence-corrected chi connectivity index (χ3v) is 2.99. The molecular formula is C11H14Br2.